The topological polar surface area (TPSA) is 83.6 Å². The van der Waals surface area contributed by atoms with Crippen molar-refractivity contribution in [1.82, 2.24) is 20.2 Å². The molecule has 0 spiro atoms. The van der Waals surface area contributed by atoms with E-state index in [1.54, 1.807) is 13.1 Å². The Morgan fingerprint density at radius 2 is 2.05 bits per heavy atom. The minimum atomic E-state index is 0.00971. The monoisotopic (exact) mass is 267 g/mol. The minimum absolute atomic E-state index is 0.00971. The molecule has 0 unspecified atom stereocenters. The summed E-state index contributed by atoms with van der Waals surface area (Å²) in [5, 5.41) is 11.6. The lowest BCUT2D eigenvalue weighted by Gasteiger charge is -2.09. The number of pyridine rings is 1. The lowest BCUT2D eigenvalue weighted by atomic mass is 10.0. The fourth-order valence-corrected chi connectivity index (χ4v) is 2.10. The molecule has 2 heterocycles. The molecule has 100 valence electrons. The summed E-state index contributed by atoms with van der Waals surface area (Å²) in [6.45, 7) is 2.04. The Morgan fingerprint density at radius 3 is 2.75 bits per heavy atom. The lowest BCUT2D eigenvalue weighted by molar-refractivity contribution is 0.101. The molecule has 0 saturated carbocycles. The van der Waals surface area contributed by atoms with E-state index in [2.05, 4.69) is 25.5 Å². The summed E-state index contributed by atoms with van der Waals surface area (Å²) in [4.78, 5) is 20.0. The van der Waals surface area contributed by atoms with Crippen molar-refractivity contribution in [1.29, 1.82) is 0 Å². The third-order valence-electron chi connectivity index (χ3n) is 3.06. The number of rotatable bonds is 4. The van der Waals surface area contributed by atoms with Gasteiger partial charge in [-0.25, -0.2) is 9.97 Å². The van der Waals surface area contributed by atoms with Crippen LogP contribution in [0.1, 0.15) is 23.1 Å². The van der Waals surface area contributed by atoms with Gasteiger partial charge in [-0.1, -0.05) is 24.3 Å². The van der Waals surface area contributed by atoms with Crippen molar-refractivity contribution in [2.75, 3.05) is 5.32 Å². The van der Waals surface area contributed by atoms with Crippen LogP contribution in [0, 0.1) is 0 Å². The standard InChI is InChI=1S/C14H13N5O/c1-9(20)12-6-15-14(11-5-3-2-4-10(11)12)16-7-13-17-8-18-19-13/h2-6,8H,7H2,1H3,(H,15,16)(H,17,18,19). The predicted octanol–water partition coefficient (Wildman–Crippen LogP) is 2.17. The number of nitrogens with zero attached hydrogens (tertiary/aromatic N) is 3. The van der Waals surface area contributed by atoms with E-state index < -0.39 is 0 Å². The minimum Gasteiger partial charge on any atom is -0.362 e. The number of Topliss-reactive ketones (excluding diaryl/α,β-unsaturated/α-hetero) is 1. The maximum Gasteiger partial charge on any atom is 0.161 e. The molecule has 2 aromatic heterocycles. The fraction of sp³-hybridized carbons (Fsp3) is 0.143. The van der Waals surface area contributed by atoms with E-state index in [0.29, 0.717) is 12.1 Å². The number of aromatic nitrogens is 4. The van der Waals surface area contributed by atoms with E-state index in [1.807, 2.05) is 24.3 Å². The summed E-state index contributed by atoms with van der Waals surface area (Å²) in [5.41, 5.74) is 0.630. The predicted molar refractivity (Wildman–Crippen MR) is 75.5 cm³/mol. The van der Waals surface area contributed by atoms with Gasteiger partial charge >= 0.3 is 0 Å². The highest BCUT2D eigenvalue weighted by atomic mass is 16.1. The summed E-state index contributed by atoms with van der Waals surface area (Å²) in [6.07, 6.45) is 3.06. The van der Waals surface area contributed by atoms with Gasteiger partial charge in [0.05, 0.1) is 6.54 Å². The average molecular weight is 267 g/mol. The Morgan fingerprint density at radius 1 is 1.25 bits per heavy atom. The van der Waals surface area contributed by atoms with Crippen LogP contribution in [0.5, 0.6) is 0 Å². The van der Waals surface area contributed by atoms with E-state index in [4.69, 9.17) is 0 Å². The van der Waals surface area contributed by atoms with Crippen molar-refractivity contribution >= 4 is 22.4 Å². The second-order valence-corrected chi connectivity index (χ2v) is 4.41. The number of nitrogens with one attached hydrogen (secondary N) is 2. The molecule has 0 saturated heterocycles. The van der Waals surface area contributed by atoms with Crippen molar-refractivity contribution < 1.29 is 4.79 Å². The van der Waals surface area contributed by atoms with Gasteiger partial charge in [0, 0.05) is 17.1 Å². The molecular weight excluding hydrogens is 254 g/mol. The maximum atomic E-state index is 11.6. The number of fused-ring (bicyclic) bond motifs is 1. The van der Waals surface area contributed by atoms with Crippen LogP contribution < -0.4 is 5.32 Å². The fourth-order valence-electron chi connectivity index (χ4n) is 2.10. The Hall–Kier alpha value is -2.76. The second-order valence-electron chi connectivity index (χ2n) is 4.41. The number of ketones is 1. The van der Waals surface area contributed by atoms with E-state index in [-0.39, 0.29) is 5.78 Å². The molecule has 6 heteroatoms. The largest absolute Gasteiger partial charge is 0.362 e. The number of H-pyrrole nitrogens is 1. The normalized spacial score (nSPS) is 10.7. The molecule has 0 aliphatic rings. The number of hydrogen-bond acceptors (Lipinski definition) is 5. The molecule has 2 N–H and O–H groups in total. The first-order chi connectivity index (χ1) is 9.75. The summed E-state index contributed by atoms with van der Waals surface area (Å²) in [7, 11) is 0. The van der Waals surface area contributed by atoms with Gasteiger partial charge in [-0.2, -0.15) is 5.10 Å². The van der Waals surface area contributed by atoms with Crippen molar-refractivity contribution in [2.24, 2.45) is 0 Å². The summed E-state index contributed by atoms with van der Waals surface area (Å²) >= 11 is 0. The summed E-state index contributed by atoms with van der Waals surface area (Å²) in [6, 6.07) is 7.70. The molecule has 1 aromatic carbocycles. The second kappa shape index (κ2) is 5.08. The SMILES string of the molecule is CC(=O)c1cnc(NCc2ncn[nH]2)c2ccccc12. The smallest absolute Gasteiger partial charge is 0.161 e. The number of carbonyl (C=O) groups is 1. The average Bonchev–Trinajstić information content (AvgIpc) is 2.97. The molecule has 0 atom stereocenters. The molecule has 20 heavy (non-hydrogen) atoms. The van der Waals surface area contributed by atoms with Gasteiger partial charge in [-0.05, 0) is 12.3 Å². The summed E-state index contributed by atoms with van der Waals surface area (Å²) in [5.74, 6) is 1.46. The van der Waals surface area contributed by atoms with Crippen LogP contribution in [0.25, 0.3) is 10.8 Å². The van der Waals surface area contributed by atoms with Crippen molar-refractivity contribution in [3.63, 3.8) is 0 Å². The maximum absolute atomic E-state index is 11.6. The van der Waals surface area contributed by atoms with E-state index >= 15 is 0 Å². The van der Waals surface area contributed by atoms with Gasteiger partial charge in [-0.15, -0.1) is 0 Å². The first-order valence-corrected chi connectivity index (χ1v) is 6.22. The van der Waals surface area contributed by atoms with Gasteiger partial charge < -0.3 is 5.32 Å². The van der Waals surface area contributed by atoms with Gasteiger partial charge in [0.25, 0.3) is 0 Å². The number of anilines is 1. The van der Waals surface area contributed by atoms with E-state index in [9.17, 15) is 4.79 Å². The van der Waals surface area contributed by atoms with Crippen molar-refractivity contribution in [3.05, 3.63) is 48.2 Å². The number of carbonyl (C=O) groups excluding carboxylic acids is 1. The van der Waals surface area contributed by atoms with Crippen LogP contribution >= 0.6 is 0 Å². The molecule has 0 fully saturated rings. The van der Waals surface area contributed by atoms with Gasteiger partial charge in [0.1, 0.15) is 18.0 Å². The molecule has 0 aliphatic heterocycles. The van der Waals surface area contributed by atoms with Crippen LogP contribution in [0.2, 0.25) is 0 Å². The van der Waals surface area contributed by atoms with E-state index in [1.165, 1.54) is 6.33 Å². The first kappa shape index (κ1) is 12.3. The Labute approximate surface area is 115 Å². The molecule has 0 radical (unpaired) electrons. The third-order valence-corrected chi connectivity index (χ3v) is 3.06. The lowest BCUT2D eigenvalue weighted by Crippen LogP contribution is -2.05. The third kappa shape index (κ3) is 2.23. The Balaban J connectivity index is 1.99. The number of aromatic amines is 1. The van der Waals surface area contributed by atoms with Crippen LogP contribution in [0.4, 0.5) is 5.82 Å². The summed E-state index contributed by atoms with van der Waals surface area (Å²) < 4.78 is 0. The molecule has 3 rings (SSSR count). The zero-order valence-corrected chi connectivity index (χ0v) is 10.9. The molecule has 3 aromatic rings. The van der Waals surface area contributed by atoms with Gasteiger partial charge in [0.15, 0.2) is 5.78 Å². The van der Waals surface area contributed by atoms with Crippen molar-refractivity contribution in [2.45, 2.75) is 13.5 Å². The van der Waals surface area contributed by atoms with E-state index in [0.717, 1.165) is 22.4 Å². The van der Waals surface area contributed by atoms with Gasteiger partial charge in [0.2, 0.25) is 0 Å². The molecule has 0 aliphatic carbocycles. The Bertz CT molecular complexity index is 751. The number of benzene rings is 1. The van der Waals surface area contributed by atoms with Gasteiger partial charge in [-0.3, -0.25) is 9.89 Å². The van der Waals surface area contributed by atoms with Crippen LogP contribution in [-0.2, 0) is 6.54 Å². The van der Waals surface area contributed by atoms with Crippen LogP contribution in [-0.4, -0.2) is 25.9 Å². The quantitative estimate of drug-likeness (QED) is 0.708. The highest BCUT2D eigenvalue weighted by Crippen LogP contribution is 2.24. The van der Waals surface area contributed by atoms with Crippen LogP contribution in [0.3, 0.4) is 0 Å². The highest BCUT2D eigenvalue weighted by Gasteiger charge is 2.10. The molecule has 6 nitrogen and oxygen atoms in total. The molecule has 0 amide bonds. The van der Waals surface area contributed by atoms with Crippen molar-refractivity contribution in [3.8, 4) is 0 Å². The van der Waals surface area contributed by atoms with Crippen LogP contribution in [0.15, 0.2) is 36.8 Å². The Kier molecular flexibility index (Phi) is 3.12. The molecular formula is C14H13N5O. The number of hydrogen-bond donors (Lipinski definition) is 2. The zero-order chi connectivity index (χ0) is 13.9. The molecule has 0 bridgehead atoms. The zero-order valence-electron chi connectivity index (χ0n) is 10.9. The highest BCUT2D eigenvalue weighted by molar-refractivity contribution is 6.09. The first-order valence-electron chi connectivity index (χ1n) is 6.22.